The Bertz CT molecular complexity index is 1490. The lowest BCUT2D eigenvalue weighted by Crippen LogP contribution is -2.50. The van der Waals surface area contributed by atoms with Gasteiger partial charge in [-0.1, -0.05) is 11.6 Å². The molecule has 10 heteroatoms. The summed E-state index contributed by atoms with van der Waals surface area (Å²) in [7, 11) is 1.70. The molecule has 1 N–H and O–H groups in total. The smallest absolute Gasteiger partial charge is 0.254 e. The van der Waals surface area contributed by atoms with Gasteiger partial charge in [-0.15, -0.1) is 0 Å². The number of piperazine rings is 1. The molecule has 1 fully saturated rings. The molecule has 1 aliphatic heterocycles. The summed E-state index contributed by atoms with van der Waals surface area (Å²) >= 11 is 6.40. The molecule has 0 aliphatic carbocycles. The fourth-order valence-electron chi connectivity index (χ4n) is 4.14. The van der Waals surface area contributed by atoms with Gasteiger partial charge in [0.1, 0.15) is 30.4 Å². The minimum absolute atomic E-state index is 0.0140. The van der Waals surface area contributed by atoms with Crippen LogP contribution in [0.4, 0.5) is 4.39 Å². The van der Waals surface area contributed by atoms with E-state index in [2.05, 4.69) is 15.2 Å². The summed E-state index contributed by atoms with van der Waals surface area (Å²) in [5.41, 5.74) is 3.08. The summed E-state index contributed by atoms with van der Waals surface area (Å²) in [6.45, 7) is 2.80. The summed E-state index contributed by atoms with van der Waals surface area (Å²) < 4.78 is 21.2. The van der Waals surface area contributed by atoms with Crippen molar-refractivity contribution in [3.05, 3.63) is 76.5 Å². The quantitative estimate of drug-likeness (QED) is 0.437. The number of nitrogens with zero attached hydrogens (tertiary/aromatic N) is 4. The second-order valence-corrected chi connectivity index (χ2v) is 9.12. The number of H-pyrrole nitrogens is 1. The standard InChI is InChI=1S/C26H23ClFN5O3/c1-15-9-24(36-14-23-17-5-6-29-12-22(17)30-31-23)19(11-20(15)27)18-10-16(3-4-21(18)28)26(35)33-8-7-32(2)25(34)13-33/h3-6,9-12H,7-8,13-14H2,1-2H3,(H,30,31). The molecule has 5 rings (SSSR count). The maximum atomic E-state index is 15.1. The van der Waals surface area contributed by atoms with Crippen LogP contribution in [0.3, 0.4) is 0 Å². The molecule has 8 nitrogen and oxygen atoms in total. The van der Waals surface area contributed by atoms with Gasteiger partial charge in [0.05, 0.1) is 11.7 Å². The highest BCUT2D eigenvalue weighted by molar-refractivity contribution is 6.31. The Labute approximate surface area is 211 Å². The van der Waals surface area contributed by atoms with Crippen LogP contribution in [0.2, 0.25) is 5.02 Å². The Kier molecular flexibility index (Phi) is 6.32. The molecule has 2 aromatic heterocycles. The molecule has 3 heterocycles. The zero-order chi connectivity index (χ0) is 25.4. The molecule has 36 heavy (non-hydrogen) atoms. The molecular formula is C26H23ClFN5O3. The van der Waals surface area contributed by atoms with Gasteiger partial charge >= 0.3 is 0 Å². The third-order valence-electron chi connectivity index (χ3n) is 6.32. The molecule has 1 saturated heterocycles. The highest BCUT2D eigenvalue weighted by Gasteiger charge is 2.26. The van der Waals surface area contributed by atoms with Crippen molar-refractivity contribution in [1.29, 1.82) is 0 Å². The number of nitrogens with one attached hydrogen (secondary N) is 1. The minimum atomic E-state index is -0.526. The van der Waals surface area contributed by atoms with Crippen LogP contribution in [0.25, 0.3) is 22.0 Å². The van der Waals surface area contributed by atoms with Gasteiger partial charge in [-0.2, -0.15) is 5.10 Å². The van der Waals surface area contributed by atoms with Crippen LogP contribution in [0, 0.1) is 12.7 Å². The molecule has 4 aromatic rings. The van der Waals surface area contributed by atoms with Crippen LogP contribution >= 0.6 is 11.6 Å². The van der Waals surface area contributed by atoms with E-state index in [0.29, 0.717) is 35.1 Å². The first-order valence-electron chi connectivity index (χ1n) is 11.3. The lowest BCUT2D eigenvalue weighted by atomic mass is 9.99. The van der Waals surface area contributed by atoms with Crippen molar-refractivity contribution < 1.29 is 18.7 Å². The van der Waals surface area contributed by atoms with Gasteiger partial charge in [0.2, 0.25) is 5.91 Å². The van der Waals surface area contributed by atoms with Crippen LogP contribution in [0.15, 0.2) is 48.8 Å². The van der Waals surface area contributed by atoms with E-state index in [9.17, 15) is 9.59 Å². The van der Waals surface area contributed by atoms with Gasteiger partial charge in [-0.05, 0) is 48.9 Å². The topological polar surface area (TPSA) is 91.4 Å². The number of pyridine rings is 1. The van der Waals surface area contributed by atoms with E-state index in [1.54, 1.807) is 36.5 Å². The molecule has 0 spiro atoms. The normalized spacial score (nSPS) is 13.9. The molecule has 0 atom stereocenters. The number of likely N-dealkylation sites (N-methyl/N-ethyl adjacent to an activating group) is 1. The molecule has 0 unspecified atom stereocenters. The Morgan fingerprint density at radius 1 is 1.19 bits per heavy atom. The zero-order valence-corrected chi connectivity index (χ0v) is 20.5. The van der Waals surface area contributed by atoms with Gasteiger partial charge in [0.15, 0.2) is 0 Å². The van der Waals surface area contributed by atoms with E-state index in [-0.39, 0.29) is 36.1 Å². The Morgan fingerprint density at radius 3 is 2.83 bits per heavy atom. The Hall–Kier alpha value is -3.98. The number of ether oxygens (including phenoxy) is 1. The van der Waals surface area contributed by atoms with Gasteiger partial charge in [0, 0.05) is 53.4 Å². The van der Waals surface area contributed by atoms with Gasteiger partial charge in [-0.25, -0.2) is 4.39 Å². The lowest BCUT2D eigenvalue weighted by Gasteiger charge is -2.32. The van der Waals surface area contributed by atoms with E-state index in [1.165, 1.54) is 23.1 Å². The lowest BCUT2D eigenvalue weighted by molar-refractivity contribution is -0.133. The first-order chi connectivity index (χ1) is 17.3. The number of aryl methyl sites for hydroxylation is 1. The zero-order valence-electron chi connectivity index (χ0n) is 19.7. The van der Waals surface area contributed by atoms with E-state index in [4.69, 9.17) is 16.3 Å². The first-order valence-corrected chi connectivity index (χ1v) is 11.7. The fourth-order valence-corrected chi connectivity index (χ4v) is 4.31. The van der Waals surface area contributed by atoms with Crippen molar-refractivity contribution in [3.8, 4) is 16.9 Å². The molecular weight excluding hydrogens is 485 g/mol. The number of aromatic amines is 1. The Balaban J connectivity index is 1.48. The van der Waals surface area contributed by atoms with E-state index in [0.717, 1.165) is 16.5 Å². The van der Waals surface area contributed by atoms with Crippen molar-refractivity contribution in [2.45, 2.75) is 13.5 Å². The van der Waals surface area contributed by atoms with Gasteiger partial charge in [0.25, 0.3) is 5.91 Å². The number of carbonyl (C=O) groups is 2. The van der Waals surface area contributed by atoms with Crippen LogP contribution in [0.1, 0.15) is 21.6 Å². The minimum Gasteiger partial charge on any atom is -0.487 e. The van der Waals surface area contributed by atoms with Crippen molar-refractivity contribution >= 4 is 34.3 Å². The molecule has 184 valence electrons. The van der Waals surface area contributed by atoms with Crippen molar-refractivity contribution in [2.75, 3.05) is 26.7 Å². The van der Waals surface area contributed by atoms with E-state index >= 15 is 4.39 Å². The van der Waals surface area contributed by atoms with Crippen LogP contribution in [-0.2, 0) is 11.4 Å². The molecule has 0 radical (unpaired) electrons. The fraction of sp³-hybridized carbons (Fsp3) is 0.231. The number of hydrogen-bond donors (Lipinski definition) is 1. The van der Waals surface area contributed by atoms with Crippen molar-refractivity contribution in [1.82, 2.24) is 25.0 Å². The number of halogens is 2. The van der Waals surface area contributed by atoms with E-state index < -0.39 is 5.82 Å². The molecule has 2 aromatic carbocycles. The average Bonchev–Trinajstić information content (AvgIpc) is 3.29. The SMILES string of the molecule is Cc1cc(OCc2n[nH]c3cnccc23)c(-c2cc(C(=O)N3CCN(C)C(=O)C3)ccc2F)cc1Cl. The maximum Gasteiger partial charge on any atom is 0.254 e. The predicted molar refractivity (Wildman–Crippen MR) is 133 cm³/mol. The molecule has 1 aliphatic rings. The summed E-state index contributed by atoms with van der Waals surface area (Å²) in [5.74, 6) is -0.600. The first kappa shape index (κ1) is 23.7. The molecule has 2 amide bonds. The monoisotopic (exact) mass is 507 g/mol. The van der Waals surface area contributed by atoms with Crippen molar-refractivity contribution in [2.24, 2.45) is 0 Å². The number of carbonyl (C=O) groups excluding carboxylic acids is 2. The number of benzene rings is 2. The number of rotatable bonds is 5. The van der Waals surface area contributed by atoms with E-state index in [1.807, 2.05) is 13.0 Å². The summed E-state index contributed by atoms with van der Waals surface area (Å²) in [6, 6.07) is 9.34. The summed E-state index contributed by atoms with van der Waals surface area (Å²) in [5, 5.41) is 8.53. The average molecular weight is 508 g/mol. The van der Waals surface area contributed by atoms with Crippen LogP contribution in [0.5, 0.6) is 5.75 Å². The molecule has 0 saturated carbocycles. The third-order valence-corrected chi connectivity index (χ3v) is 6.72. The number of hydrogen-bond acceptors (Lipinski definition) is 5. The number of amides is 2. The molecule has 0 bridgehead atoms. The third kappa shape index (κ3) is 4.49. The van der Waals surface area contributed by atoms with Gasteiger partial charge < -0.3 is 14.5 Å². The highest BCUT2D eigenvalue weighted by atomic mass is 35.5. The number of fused-ring (bicyclic) bond motifs is 1. The van der Waals surface area contributed by atoms with Crippen LogP contribution in [-0.4, -0.2) is 63.5 Å². The maximum absolute atomic E-state index is 15.1. The highest BCUT2D eigenvalue weighted by Crippen LogP contribution is 2.37. The van der Waals surface area contributed by atoms with Crippen LogP contribution < -0.4 is 4.74 Å². The second kappa shape index (κ2) is 9.58. The summed E-state index contributed by atoms with van der Waals surface area (Å²) in [6.07, 6.45) is 3.35. The Morgan fingerprint density at radius 2 is 2.03 bits per heavy atom. The largest absolute Gasteiger partial charge is 0.487 e. The second-order valence-electron chi connectivity index (χ2n) is 8.71. The van der Waals surface area contributed by atoms with Crippen molar-refractivity contribution in [3.63, 3.8) is 0 Å². The predicted octanol–water partition coefficient (Wildman–Crippen LogP) is 4.22. The number of aromatic nitrogens is 3. The summed E-state index contributed by atoms with van der Waals surface area (Å²) in [4.78, 5) is 32.3. The van der Waals surface area contributed by atoms with Gasteiger partial charge in [-0.3, -0.25) is 19.7 Å².